The van der Waals surface area contributed by atoms with Crippen molar-refractivity contribution >= 4 is 27.8 Å². The molecule has 0 atom stereocenters. The number of anilines is 1. The van der Waals surface area contributed by atoms with Gasteiger partial charge >= 0.3 is 5.97 Å². The van der Waals surface area contributed by atoms with Crippen molar-refractivity contribution in [3.8, 4) is 0 Å². The van der Waals surface area contributed by atoms with Gasteiger partial charge in [-0.05, 0) is 37.1 Å². The molecule has 0 aliphatic carbocycles. The third kappa shape index (κ3) is 6.42. The van der Waals surface area contributed by atoms with Crippen LogP contribution in [0.15, 0.2) is 24.3 Å². The van der Waals surface area contributed by atoms with Crippen LogP contribution in [0, 0.1) is 6.92 Å². The standard InChI is InChI=1S/C14H19NO5S/c1-3-20-8-9-21(18,19)15-13-10-12(5-4-11(13)2)6-7-14(16)17/h4-7,10,15H,3,8-9H2,1-2H3,(H,16,17). The Morgan fingerprint density at radius 1 is 1.43 bits per heavy atom. The van der Waals surface area contributed by atoms with Gasteiger partial charge in [0, 0.05) is 12.7 Å². The third-order valence-electron chi connectivity index (χ3n) is 2.65. The summed E-state index contributed by atoms with van der Waals surface area (Å²) in [5.74, 6) is -1.19. The maximum absolute atomic E-state index is 11.9. The molecule has 0 aliphatic heterocycles. The highest BCUT2D eigenvalue weighted by Gasteiger charge is 2.12. The Hall–Kier alpha value is -1.86. The Balaban J connectivity index is 2.87. The number of rotatable bonds is 8. The average Bonchev–Trinajstić information content (AvgIpc) is 2.39. The van der Waals surface area contributed by atoms with Crippen molar-refractivity contribution in [2.75, 3.05) is 23.7 Å². The molecule has 0 spiro atoms. The minimum atomic E-state index is -3.49. The van der Waals surface area contributed by atoms with E-state index >= 15 is 0 Å². The summed E-state index contributed by atoms with van der Waals surface area (Å²) < 4.78 is 31.3. The Bertz CT molecular complexity index is 622. The van der Waals surface area contributed by atoms with Crippen molar-refractivity contribution in [1.29, 1.82) is 0 Å². The number of benzene rings is 1. The highest BCUT2D eigenvalue weighted by atomic mass is 32.2. The molecule has 2 N–H and O–H groups in total. The van der Waals surface area contributed by atoms with Gasteiger partial charge in [-0.25, -0.2) is 13.2 Å². The summed E-state index contributed by atoms with van der Waals surface area (Å²) in [7, 11) is -3.49. The number of aryl methyl sites for hydroxylation is 1. The number of carboxylic acids is 1. The number of ether oxygens (including phenoxy) is 1. The zero-order valence-electron chi connectivity index (χ0n) is 12.0. The number of carboxylic acid groups (broad SMARTS) is 1. The first kappa shape index (κ1) is 17.2. The number of aliphatic carboxylic acids is 1. The van der Waals surface area contributed by atoms with Crippen molar-refractivity contribution < 1.29 is 23.1 Å². The molecule has 0 aliphatic rings. The molecule has 7 heteroatoms. The summed E-state index contributed by atoms with van der Waals surface area (Å²) in [6, 6.07) is 5.03. The number of carbonyl (C=O) groups is 1. The van der Waals surface area contributed by atoms with Gasteiger partial charge < -0.3 is 9.84 Å². The summed E-state index contributed by atoms with van der Waals surface area (Å²) >= 11 is 0. The van der Waals surface area contributed by atoms with Crippen LogP contribution >= 0.6 is 0 Å². The minimum absolute atomic E-state index is 0.128. The zero-order valence-corrected chi connectivity index (χ0v) is 12.8. The lowest BCUT2D eigenvalue weighted by atomic mass is 10.1. The maximum atomic E-state index is 11.9. The monoisotopic (exact) mass is 313 g/mol. The topological polar surface area (TPSA) is 92.7 Å². The van der Waals surface area contributed by atoms with Gasteiger partial charge in [0.2, 0.25) is 10.0 Å². The van der Waals surface area contributed by atoms with E-state index in [2.05, 4.69) is 4.72 Å². The average molecular weight is 313 g/mol. The first-order valence-electron chi connectivity index (χ1n) is 6.44. The van der Waals surface area contributed by atoms with Gasteiger partial charge in [0.05, 0.1) is 18.0 Å². The summed E-state index contributed by atoms with van der Waals surface area (Å²) in [6.07, 6.45) is 2.40. The van der Waals surface area contributed by atoms with E-state index in [1.807, 2.05) is 0 Å². The van der Waals surface area contributed by atoms with Crippen LogP contribution < -0.4 is 4.72 Å². The molecule has 1 rings (SSSR count). The fourth-order valence-corrected chi connectivity index (χ4v) is 2.55. The Morgan fingerprint density at radius 3 is 2.76 bits per heavy atom. The molecule has 21 heavy (non-hydrogen) atoms. The zero-order chi connectivity index (χ0) is 15.9. The van der Waals surface area contributed by atoms with E-state index < -0.39 is 16.0 Å². The van der Waals surface area contributed by atoms with Crippen molar-refractivity contribution in [2.45, 2.75) is 13.8 Å². The first-order chi connectivity index (χ1) is 9.84. The van der Waals surface area contributed by atoms with Crippen LogP contribution in [0.2, 0.25) is 0 Å². The van der Waals surface area contributed by atoms with E-state index in [1.54, 1.807) is 32.0 Å². The van der Waals surface area contributed by atoms with E-state index in [1.165, 1.54) is 6.08 Å². The summed E-state index contributed by atoms with van der Waals surface area (Å²) in [5.41, 5.74) is 1.78. The molecule has 1 aromatic carbocycles. The van der Waals surface area contributed by atoms with Gasteiger partial charge in [0.1, 0.15) is 0 Å². The highest BCUT2D eigenvalue weighted by Crippen LogP contribution is 2.19. The lowest BCUT2D eigenvalue weighted by Crippen LogP contribution is -2.20. The maximum Gasteiger partial charge on any atom is 0.328 e. The number of nitrogens with one attached hydrogen (secondary N) is 1. The molecule has 0 bridgehead atoms. The predicted octanol–water partition coefficient (Wildman–Crippen LogP) is 1.87. The van der Waals surface area contributed by atoms with Gasteiger partial charge in [0.15, 0.2) is 0 Å². The third-order valence-corrected chi connectivity index (χ3v) is 3.88. The molecule has 0 amide bonds. The highest BCUT2D eigenvalue weighted by molar-refractivity contribution is 7.92. The van der Waals surface area contributed by atoms with Gasteiger partial charge in [-0.2, -0.15) is 0 Å². The van der Waals surface area contributed by atoms with Crippen LogP contribution in [0.25, 0.3) is 6.08 Å². The van der Waals surface area contributed by atoms with Crippen LogP contribution in [-0.4, -0.2) is 38.5 Å². The quantitative estimate of drug-likeness (QED) is 0.564. The lowest BCUT2D eigenvalue weighted by molar-refractivity contribution is -0.131. The Kier molecular flexibility index (Phi) is 6.39. The van der Waals surface area contributed by atoms with Crippen LogP contribution in [0.3, 0.4) is 0 Å². The smallest absolute Gasteiger partial charge is 0.328 e. The van der Waals surface area contributed by atoms with Gasteiger partial charge in [-0.3, -0.25) is 4.72 Å². The Morgan fingerprint density at radius 2 is 2.14 bits per heavy atom. The normalized spacial score (nSPS) is 11.7. The number of hydrogen-bond acceptors (Lipinski definition) is 4. The van der Waals surface area contributed by atoms with E-state index in [9.17, 15) is 13.2 Å². The van der Waals surface area contributed by atoms with Crippen molar-refractivity contribution in [1.82, 2.24) is 0 Å². The van der Waals surface area contributed by atoms with E-state index in [0.29, 0.717) is 17.9 Å². The van der Waals surface area contributed by atoms with Crippen molar-refractivity contribution in [3.05, 3.63) is 35.4 Å². The number of sulfonamides is 1. The molecular formula is C14H19NO5S. The molecule has 0 heterocycles. The van der Waals surface area contributed by atoms with Gasteiger partial charge in [0.25, 0.3) is 0 Å². The molecule has 0 aromatic heterocycles. The number of hydrogen-bond donors (Lipinski definition) is 2. The van der Waals surface area contributed by atoms with Crippen LogP contribution in [-0.2, 0) is 19.6 Å². The second-order valence-electron chi connectivity index (χ2n) is 4.36. The first-order valence-corrected chi connectivity index (χ1v) is 8.09. The molecule has 0 unspecified atom stereocenters. The van der Waals surface area contributed by atoms with Gasteiger partial charge in [-0.1, -0.05) is 12.1 Å². The largest absolute Gasteiger partial charge is 0.478 e. The van der Waals surface area contributed by atoms with E-state index in [0.717, 1.165) is 11.6 Å². The Labute approximate surface area is 124 Å². The van der Waals surface area contributed by atoms with Crippen LogP contribution in [0.5, 0.6) is 0 Å². The fraction of sp³-hybridized carbons (Fsp3) is 0.357. The minimum Gasteiger partial charge on any atom is -0.478 e. The molecule has 0 saturated heterocycles. The molecular weight excluding hydrogens is 294 g/mol. The fourth-order valence-electron chi connectivity index (χ4n) is 1.55. The lowest BCUT2D eigenvalue weighted by Gasteiger charge is -2.11. The second-order valence-corrected chi connectivity index (χ2v) is 6.21. The van der Waals surface area contributed by atoms with Crippen LogP contribution in [0.4, 0.5) is 5.69 Å². The summed E-state index contributed by atoms with van der Waals surface area (Å²) in [5, 5.41) is 8.59. The van der Waals surface area contributed by atoms with Crippen molar-refractivity contribution in [3.63, 3.8) is 0 Å². The van der Waals surface area contributed by atoms with Gasteiger partial charge in [-0.15, -0.1) is 0 Å². The molecule has 1 aromatic rings. The van der Waals surface area contributed by atoms with Crippen LogP contribution in [0.1, 0.15) is 18.1 Å². The summed E-state index contributed by atoms with van der Waals surface area (Å²) in [6.45, 7) is 4.15. The molecule has 116 valence electrons. The molecule has 0 radical (unpaired) electrons. The molecule has 0 fully saturated rings. The summed E-state index contributed by atoms with van der Waals surface area (Å²) in [4.78, 5) is 10.5. The SMILES string of the molecule is CCOCCS(=O)(=O)Nc1cc(C=CC(=O)O)ccc1C. The van der Waals surface area contributed by atoms with Crippen molar-refractivity contribution in [2.24, 2.45) is 0 Å². The second kappa shape index (κ2) is 7.80. The van der Waals surface area contributed by atoms with E-state index in [-0.39, 0.29) is 12.4 Å². The predicted molar refractivity (Wildman–Crippen MR) is 81.8 cm³/mol. The van der Waals surface area contributed by atoms with E-state index in [4.69, 9.17) is 9.84 Å². The molecule has 0 saturated carbocycles. The molecule has 6 nitrogen and oxygen atoms in total.